The molecule has 15 heavy (non-hydrogen) atoms. The van der Waals surface area contributed by atoms with Gasteiger partial charge in [-0.05, 0) is 30.7 Å². The van der Waals surface area contributed by atoms with Crippen molar-refractivity contribution in [2.45, 2.75) is 0 Å². The van der Waals surface area contributed by atoms with Gasteiger partial charge < -0.3 is 17.8 Å². The van der Waals surface area contributed by atoms with Gasteiger partial charge in [-0.3, -0.25) is 0 Å². The largest absolute Gasteiger partial charge is 1.00 e. The Morgan fingerprint density at radius 3 is 2.00 bits per heavy atom. The molecule has 0 bridgehead atoms. The van der Waals surface area contributed by atoms with E-state index in [4.69, 9.17) is 0 Å². The summed E-state index contributed by atoms with van der Waals surface area (Å²) in [6, 6.07) is 4.90. The van der Waals surface area contributed by atoms with Crippen LogP contribution in [0.25, 0.3) is 0 Å². The molecule has 0 saturated heterocycles. The molecule has 0 amide bonds. The SMILES string of the molecule is CN(C[B-](F)(F)F)c1ccc(F)cc1.[K+]. The molecule has 0 aliphatic carbocycles. The third-order valence-corrected chi connectivity index (χ3v) is 1.75. The van der Waals surface area contributed by atoms with Crippen LogP contribution < -0.4 is 56.3 Å². The first-order valence-corrected chi connectivity index (χ1v) is 4.06. The summed E-state index contributed by atoms with van der Waals surface area (Å²) in [6.45, 7) is -4.85. The molecule has 0 heterocycles. The first kappa shape index (κ1) is 15.4. The first-order chi connectivity index (χ1) is 6.38. The molecule has 78 valence electrons. The third-order valence-electron chi connectivity index (χ3n) is 1.75. The number of hydrogen-bond donors (Lipinski definition) is 0. The Morgan fingerprint density at radius 2 is 1.60 bits per heavy atom. The average molecular weight is 245 g/mol. The molecule has 0 aliphatic heterocycles. The van der Waals surface area contributed by atoms with Gasteiger partial charge in [0, 0.05) is 12.7 Å². The predicted molar refractivity (Wildman–Crippen MR) is 48.7 cm³/mol. The molecular weight excluding hydrogens is 236 g/mol. The van der Waals surface area contributed by atoms with Crippen LogP contribution in [0.2, 0.25) is 0 Å². The Morgan fingerprint density at radius 1 is 1.13 bits per heavy atom. The summed E-state index contributed by atoms with van der Waals surface area (Å²) in [6.07, 6.45) is -0.981. The van der Waals surface area contributed by atoms with Crippen LogP contribution in [0.4, 0.5) is 23.0 Å². The van der Waals surface area contributed by atoms with E-state index in [-0.39, 0.29) is 51.4 Å². The van der Waals surface area contributed by atoms with Crippen molar-refractivity contribution >= 4 is 12.7 Å². The van der Waals surface area contributed by atoms with Gasteiger partial charge >= 0.3 is 58.4 Å². The molecular formula is C8H9BF4KN. The number of nitrogens with zero attached hydrogens (tertiary/aromatic N) is 1. The van der Waals surface area contributed by atoms with Gasteiger partial charge in [-0.1, -0.05) is 0 Å². The maximum atomic E-state index is 12.5. The number of halogens is 4. The second kappa shape index (κ2) is 6.24. The van der Waals surface area contributed by atoms with E-state index in [1.807, 2.05) is 0 Å². The molecule has 0 saturated carbocycles. The minimum absolute atomic E-state index is 0. The summed E-state index contributed by atoms with van der Waals surface area (Å²) < 4.78 is 48.5. The van der Waals surface area contributed by atoms with Gasteiger partial charge in [0.1, 0.15) is 5.82 Å². The molecule has 1 aromatic rings. The van der Waals surface area contributed by atoms with Crippen LogP contribution >= 0.6 is 0 Å². The fourth-order valence-electron chi connectivity index (χ4n) is 1.11. The second-order valence-electron chi connectivity index (χ2n) is 3.07. The Hall–Kier alpha value is 0.441. The first-order valence-electron chi connectivity index (χ1n) is 4.06. The molecule has 0 N–H and O–H groups in total. The standard InChI is InChI=1S/C8H9BF4N.K/c1-14(6-9(11,12)13)8-4-2-7(10)3-5-8;/h2-5H,6H2,1H3;/q-1;+1. The van der Waals surface area contributed by atoms with E-state index < -0.39 is 19.2 Å². The van der Waals surface area contributed by atoms with E-state index in [0.717, 1.165) is 17.0 Å². The van der Waals surface area contributed by atoms with Crippen LogP contribution in [0, 0.1) is 5.82 Å². The summed E-state index contributed by atoms with van der Waals surface area (Å²) >= 11 is 0. The maximum absolute atomic E-state index is 12.5. The monoisotopic (exact) mass is 245 g/mol. The smallest absolute Gasteiger partial charge is 0.448 e. The van der Waals surface area contributed by atoms with Crippen molar-refractivity contribution < 1.29 is 68.7 Å². The van der Waals surface area contributed by atoms with E-state index in [9.17, 15) is 17.3 Å². The third kappa shape index (κ3) is 5.91. The molecule has 1 aromatic carbocycles. The van der Waals surface area contributed by atoms with Gasteiger partial charge in [0.2, 0.25) is 0 Å². The number of benzene rings is 1. The number of rotatable bonds is 3. The van der Waals surface area contributed by atoms with Gasteiger partial charge in [-0.25, -0.2) is 4.39 Å². The zero-order valence-electron chi connectivity index (χ0n) is 8.55. The minimum Gasteiger partial charge on any atom is -0.448 e. The molecule has 0 atom stereocenters. The van der Waals surface area contributed by atoms with E-state index in [1.54, 1.807) is 0 Å². The quantitative estimate of drug-likeness (QED) is 0.520. The van der Waals surface area contributed by atoms with Crippen molar-refractivity contribution in [3.63, 3.8) is 0 Å². The molecule has 0 aromatic heterocycles. The molecule has 0 spiro atoms. The van der Waals surface area contributed by atoms with Gasteiger partial charge in [0.15, 0.2) is 0 Å². The molecule has 0 radical (unpaired) electrons. The molecule has 1 nitrogen and oxygen atoms in total. The summed E-state index contributed by atoms with van der Waals surface area (Å²) in [5.41, 5.74) is 0.352. The molecule has 0 unspecified atom stereocenters. The van der Waals surface area contributed by atoms with Gasteiger partial charge in [-0.15, -0.1) is 0 Å². The normalized spacial score (nSPS) is 10.7. The van der Waals surface area contributed by atoms with E-state index in [1.165, 1.54) is 19.2 Å². The fourth-order valence-corrected chi connectivity index (χ4v) is 1.11. The van der Waals surface area contributed by atoms with E-state index in [2.05, 4.69) is 0 Å². The Balaban J connectivity index is 0.00000196. The molecule has 7 heteroatoms. The summed E-state index contributed by atoms with van der Waals surface area (Å²) in [7, 11) is 1.32. The Labute approximate surface area is 128 Å². The van der Waals surface area contributed by atoms with Crippen LogP contribution in [0.3, 0.4) is 0 Å². The van der Waals surface area contributed by atoms with Crippen molar-refractivity contribution in [2.24, 2.45) is 0 Å². The molecule has 0 fully saturated rings. The van der Waals surface area contributed by atoms with Crippen LogP contribution in [-0.2, 0) is 0 Å². The zero-order valence-corrected chi connectivity index (χ0v) is 11.7. The summed E-state index contributed by atoms with van der Waals surface area (Å²) in [5.74, 6) is -0.459. The Kier molecular flexibility index (Phi) is 6.43. The van der Waals surface area contributed by atoms with Crippen molar-refractivity contribution in [1.82, 2.24) is 0 Å². The van der Waals surface area contributed by atoms with E-state index in [0.29, 0.717) is 5.69 Å². The second-order valence-corrected chi connectivity index (χ2v) is 3.07. The van der Waals surface area contributed by atoms with Crippen LogP contribution in [0.15, 0.2) is 24.3 Å². The van der Waals surface area contributed by atoms with Crippen LogP contribution in [0.1, 0.15) is 0 Å². The fraction of sp³-hybridized carbons (Fsp3) is 0.250. The van der Waals surface area contributed by atoms with Gasteiger partial charge in [0.25, 0.3) is 0 Å². The van der Waals surface area contributed by atoms with Crippen molar-refractivity contribution in [3.05, 3.63) is 30.1 Å². The topological polar surface area (TPSA) is 3.24 Å². The van der Waals surface area contributed by atoms with Crippen LogP contribution in [-0.4, -0.2) is 20.5 Å². The van der Waals surface area contributed by atoms with Gasteiger partial charge in [0.05, 0.1) is 0 Å². The molecule has 1 rings (SSSR count). The van der Waals surface area contributed by atoms with Gasteiger partial charge in [-0.2, -0.15) is 0 Å². The Bertz CT molecular complexity index is 301. The predicted octanol–water partition coefficient (Wildman–Crippen LogP) is -0.348. The van der Waals surface area contributed by atoms with Crippen molar-refractivity contribution in [2.75, 3.05) is 18.4 Å². The minimum atomic E-state index is -4.85. The number of hydrogen-bond acceptors (Lipinski definition) is 1. The van der Waals surface area contributed by atoms with Crippen molar-refractivity contribution in [1.29, 1.82) is 0 Å². The average Bonchev–Trinajstić information content (AvgIpc) is 2.02. The summed E-state index contributed by atoms with van der Waals surface area (Å²) in [5, 5.41) is 0. The van der Waals surface area contributed by atoms with Crippen molar-refractivity contribution in [3.8, 4) is 0 Å². The molecule has 0 aliphatic rings. The summed E-state index contributed by atoms with van der Waals surface area (Å²) in [4.78, 5) is 1.04. The van der Waals surface area contributed by atoms with E-state index >= 15 is 0 Å². The maximum Gasteiger partial charge on any atom is 1.00 e. The number of anilines is 1. The van der Waals surface area contributed by atoms with Crippen LogP contribution in [0.5, 0.6) is 0 Å². The zero-order chi connectivity index (χ0) is 10.8.